The summed E-state index contributed by atoms with van der Waals surface area (Å²) in [5.74, 6) is -1.28. The molecule has 1 saturated carbocycles. The summed E-state index contributed by atoms with van der Waals surface area (Å²) in [4.78, 5) is 4.07. The molecule has 0 radical (unpaired) electrons. The van der Waals surface area contributed by atoms with Gasteiger partial charge < -0.3 is 10.1 Å². The van der Waals surface area contributed by atoms with E-state index in [1.54, 1.807) is 0 Å². The fourth-order valence-electron chi connectivity index (χ4n) is 7.08. The van der Waals surface area contributed by atoms with Crippen molar-refractivity contribution in [2.45, 2.75) is 81.9 Å². The monoisotopic (exact) mass is 585 g/mol. The molecule has 10 heteroatoms. The van der Waals surface area contributed by atoms with Gasteiger partial charge in [0.05, 0.1) is 24.3 Å². The Morgan fingerprint density at radius 2 is 1.90 bits per heavy atom. The van der Waals surface area contributed by atoms with Gasteiger partial charge in [-0.1, -0.05) is 6.07 Å². The maximum absolute atomic E-state index is 16.0. The molecule has 226 valence electrons. The van der Waals surface area contributed by atoms with E-state index >= 15 is 13.2 Å². The van der Waals surface area contributed by atoms with E-state index in [1.165, 1.54) is 12.1 Å². The molecule has 4 heterocycles. The highest BCUT2D eigenvalue weighted by Gasteiger charge is 2.49. The minimum absolute atomic E-state index is 0.0434. The lowest BCUT2D eigenvalue weighted by molar-refractivity contribution is -0.0390. The van der Waals surface area contributed by atoms with E-state index < -0.39 is 23.3 Å². The van der Waals surface area contributed by atoms with Crippen molar-refractivity contribution < 1.29 is 22.3 Å². The lowest BCUT2D eigenvalue weighted by Gasteiger charge is -2.43. The van der Waals surface area contributed by atoms with Gasteiger partial charge in [0, 0.05) is 61.7 Å². The number of fused-ring (bicyclic) bond motifs is 3. The van der Waals surface area contributed by atoms with Gasteiger partial charge in [-0.3, -0.25) is 14.2 Å². The molecule has 1 N–H and O–H groups in total. The van der Waals surface area contributed by atoms with Crippen molar-refractivity contribution in [2.75, 3.05) is 44.8 Å². The Morgan fingerprint density at radius 1 is 1.12 bits per heavy atom. The average Bonchev–Trinajstić information content (AvgIpc) is 3.51. The molecule has 3 aliphatic heterocycles. The van der Waals surface area contributed by atoms with Crippen LogP contribution in [0.1, 0.15) is 74.4 Å². The molecule has 0 amide bonds. The van der Waals surface area contributed by atoms with Crippen LogP contribution in [0.5, 0.6) is 0 Å². The minimum atomic E-state index is -1.32. The fraction of sp³-hybridized carbons (Fsp3) is 0.594. The lowest BCUT2D eigenvalue weighted by Crippen LogP contribution is -2.54. The highest BCUT2D eigenvalue weighted by molar-refractivity contribution is 5.84. The Kier molecular flexibility index (Phi) is 7.43. The van der Waals surface area contributed by atoms with E-state index in [0.29, 0.717) is 57.6 Å². The van der Waals surface area contributed by atoms with Gasteiger partial charge in [-0.25, -0.2) is 17.9 Å². The summed E-state index contributed by atoms with van der Waals surface area (Å²) in [6, 6.07) is 5.72. The highest BCUT2D eigenvalue weighted by Crippen LogP contribution is 2.48. The number of alkyl halides is 2. The first-order chi connectivity index (χ1) is 20.3. The zero-order chi connectivity index (χ0) is 29.0. The first kappa shape index (κ1) is 28.1. The van der Waals surface area contributed by atoms with E-state index in [0.717, 1.165) is 41.3 Å². The van der Waals surface area contributed by atoms with Crippen LogP contribution in [0.3, 0.4) is 0 Å². The molecule has 2 aromatic carbocycles. The molecule has 2 saturated heterocycles. The first-order valence-electron chi connectivity index (χ1n) is 15.4. The number of ether oxygens (including phenoxy) is 1. The Morgan fingerprint density at radius 3 is 2.60 bits per heavy atom. The fourth-order valence-corrected chi connectivity index (χ4v) is 7.08. The highest BCUT2D eigenvalue weighted by atomic mass is 19.1. The van der Waals surface area contributed by atoms with Crippen molar-refractivity contribution in [1.82, 2.24) is 19.6 Å². The number of hydrogen-bond acceptors (Lipinski definition) is 5. The van der Waals surface area contributed by atoms with Crippen molar-refractivity contribution in [2.24, 2.45) is 0 Å². The van der Waals surface area contributed by atoms with Crippen molar-refractivity contribution in [1.29, 1.82) is 0 Å². The molecule has 7 rings (SSSR count). The number of nitrogens with zero attached hydrogens (tertiary/aromatic N) is 4. The number of likely N-dealkylation sites (tertiary alicyclic amines) is 1. The Hall–Kier alpha value is -2.69. The Balaban J connectivity index is 1.23. The number of anilines is 1. The number of halogens is 4. The van der Waals surface area contributed by atoms with E-state index in [2.05, 4.69) is 10.2 Å². The molecule has 1 aromatic heterocycles. The summed E-state index contributed by atoms with van der Waals surface area (Å²) in [6.07, 6.45) is 7.00. The van der Waals surface area contributed by atoms with Crippen LogP contribution in [-0.4, -0.2) is 76.8 Å². The molecule has 1 aliphatic carbocycles. The zero-order valence-corrected chi connectivity index (χ0v) is 24.1. The number of benzene rings is 2. The summed E-state index contributed by atoms with van der Waals surface area (Å²) in [5.41, 5.74) is 1.66. The second kappa shape index (κ2) is 11.1. The van der Waals surface area contributed by atoms with Crippen molar-refractivity contribution in [3.05, 3.63) is 58.8 Å². The number of nitrogens with one attached hydrogen (secondary N) is 1. The molecule has 3 atom stereocenters. The van der Waals surface area contributed by atoms with Gasteiger partial charge >= 0.3 is 0 Å². The lowest BCUT2D eigenvalue weighted by atomic mass is 9.83. The van der Waals surface area contributed by atoms with Crippen molar-refractivity contribution >= 4 is 16.6 Å². The molecule has 6 nitrogen and oxygen atoms in total. The third-order valence-electron chi connectivity index (χ3n) is 9.54. The van der Waals surface area contributed by atoms with Crippen LogP contribution in [0.2, 0.25) is 0 Å². The summed E-state index contributed by atoms with van der Waals surface area (Å²) in [6.45, 7) is 4.62. The van der Waals surface area contributed by atoms with Crippen molar-refractivity contribution in [3.63, 3.8) is 0 Å². The molecule has 4 aliphatic rings. The predicted molar refractivity (Wildman–Crippen MR) is 154 cm³/mol. The van der Waals surface area contributed by atoms with E-state index in [1.807, 2.05) is 34.8 Å². The number of aromatic nitrogens is 2. The SMILES string of the molecule is C[C@@H]1Cc2c(ccc3nn(C4CCCCO4)cc23)[C@@H](c2c(F)cc(NC3CN(CCCF)C3)cc2F)N1CC1(F)CC1. The molecule has 3 fully saturated rings. The van der Waals surface area contributed by atoms with Crippen LogP contribution < -0.4 is 5.32 Å². The minimum Gasteiger partial charge on any atom is -0.380 e. The molecule has 42 heavy (non-hydrogen) atoms. The second-order valence-corrected chi connectivity index (χ2v) is 12.8. The average molecular weight is 586 g/mol. The third kappa shape index (κ3) is 5.30. The molecule has 3 aromatic rings. The maximum Gasteiger partial charge on any atom is 0.150 e. The van der Waals surface area contributed by atoms with Gasteiger partial charge in [-0.05, 0) is 81.2 Å². The topological polar surface area (TPSA) is 45.6 Å². The largest absolute Gasteiger partial charge is 0.380 e. The summed E-state index contributed by atoms with van der Waals surface area (Å²) >= 11 is 0. The first-order valence-corrected chi connectivity index (χ1v) is 15.4. The van der Waals surface area contributed by atoms with Gasteiger partial charge in [0.15, 0.2) is 0 Å². The molecule has 0 spiro atoms. The van der Waals surface area contributed by atoms with E-state index in [-0.39, 0.29) is 37.1 Å². The van der Waals surface area contributed by atoms with Crippen LogP contribution in [0, 0.1) is 11.6 Å². The molecule has 1 unspecified atom stereocenters. The number of hydrogen-bond donors (Lipinski definition) is 1. The molecular weight excluding hydrogens is 546 g/mol. The van der Waals surface area contributed by atoms with Crippen molar-refractivity contribution in [3.8, 4) is 0 Å². The summed E-state index contributed by atoms with van der Waals surface area (Å²) in [5, 5.41) is 8.99. The Bertz CT molecular complexity index is 1420. The Labute approximate surface area is 244 Å². The van der Waals surface area contributed by atoms with Crippen LogP contribution in [0.4, 0.5) is 23.2 Å². The standard InChI is InChI=1S/C32H39F4N5O/c1-20-13-24-23(6-7-28-25(24)18-41(38-28)29-5-2-3-12-42-29)31(40(20)19-32(36)8-9-32)30-26(34)14-21(15-27(30)35)37-22-16-39(17-22)11-4-10-33/h6-7,14-15,18,20,22,29,31,37H,2-5,8-13,16-17,19H2,1H3/t20-,29?,31+/m1/s1. The van der Waals surface area contributed by atoms with Gasteiger partial charge in [0.25, 0.3) is 0 Å². The van der Waals surface area contributed by atoms with Crippen LogP contribution in [-0.2, 0) is 11.2 Å². The number of rotatable bonds is 9. The smallest absolute Gasteiger partial charge is 0.150 e. The van der Waals surface area contributed by atoms with E-state index in [4.69, 9.17) is 9.84 Å². The van der Waals surface area contributed by atoms with Crippen LogP contribution in [0.15, 0.2) is 30.5 Å². The van der Waals surface area contributed by atoms with Crippen LogP contribution in [0.25, 0.3) is 10.9 Å². The van der Waals surface area contributed by atoms with Gasteiger partial charge in [-0.2, -0.15) is 5.10 Å². The predicted octanol–water partition coefficient (Wildman–Crippen LogP) is 6.31. The zero-order valence-electron chi connectivity index (χ0n) is 24.1. The molecule has 0 bridgehead atoms. The quantitative estimate of drug-likeness (QED) is 0.299. The van der Waals surface area contributed by atoms with Gasteiger partial charge in [0.1, 0.15) is 23.5 Å². The second-order valence-electron chi connectivity index (χ2n) is 12.8. The summed E-state index contributed by atoms with van der Waals surface area (Å²) < 4.78 is 67.6. The summed E-state index contributed by atoms with van der Waals surface area (Å²) in [7, 11) is 0. The maximum atomic E-state index is 16.0. The third-order valence-corrected chi connectivity index (χ3v) is 9.54. The molecular formula is C32H39F4N5O. The van der Waals surface area contributed by atoms with Gasteiger partial charge in [-0.15, -0.1) is 0 Å². The normalized spacial score (nSPS) is 26.3. The van der Waals surface area contributed by atoms with E-state index in [9.17, 15) is 4.39 Å². The van der Waals surface area contributed by atoms with Gasteiger partial charge in [0.2, 0.25) is 0 Å². The van der Waals surface area contributed by atoms with Crippen LogP contribution >= 0.6 is 0 Å².